The molecule has 2 rings (SSSR count). The number of amides is 1. The molecule has 1 heterocycles. The number of halogens is 4. The van der Waals surface area contributed by atoms with Crippen LogP contribution in [0.15, 0.2) is 29.4 Å². The summed E-state index contributed by atoms with van der Waals surface area (Å²) in [5, 5.41) is 13.1. The number of hydrazine groups is 1. The van der Waals surface area contributed by atoms with Crippen LogP contribution in [0.25, 0.3) is 0 Å². The van der Waals surface area contributed by atoms with Crippen molar-refractivity contribution in [3.8, 4) is 0 Å². The number of carboxylic acid groups (broad SMARTS) is 1. The summed E-state index contributed by atoms with van der Waals surface area (Å²) in [5.41, 5.74) is -2.30. The van der Waals surface area contributed by atoms with Crippen LogP contribution in [0, 0.1) is 5.92 Å². The van der Waals surface area contributed by atoms with E-state index in [4.69, 9.17) is 22.6 Å². The minimum absolute atomic E-state index is 0.171. The average Bonchev–Trinajstić information content (AvgIpc) is 2.88. The molecule has 1 aliphatic rings. The zero-order valence-corrected chi connectivity index (χ0v) is 12.0. The third kappa shape index (κ3) is 2.49. The molecule has 0 saturated carbocycles. The Morgan fingerprint density at radius 1 is 1.35 bits per heavy atom. The zero-order chi connectivity index (χ0) is 17.4. The van der Waals surface area contributed by atoms with Crippen molar-refractivity contribution >= 4 is 35.4 Å². The van der Waals surface area contributed by atoms with Gasteiger partial charge >= 0.3 is 12.1 Å². The smallest absolute Gasteiger partial charge is 0.424 e. The van der Waals surface area contributed by atoms with Crippen LogP contribution in [0.2, 0.25) is 5.02 Å². The number of hydrogen-bond donors (Lipinski definition) is 3. The number of aliphatic carboxylic acids is 1. The molecule has 0 saturated heterocycles. The summed E-state index contributed by atoms with van der Waals surface area (Å²) in [6, 6.07) is 4.91. The zero-order valence-electron chi connectivity index (χ0n) is 11.2. The summed E-state index contributed by atoms with van der Waals surface area (Å²) in [7, 11) is 0. The van der Waals surface area contributed by atoms with Crippen LogP contribution < -0.4 is 16.3 Å². The molecule has 11 heteroatoms. The molecule has 0 radical (unpaired) electrons. The number of hydrazone groups is 1. The van der Waals surface area contributed by atoms with E-state index in [1.807, 2.05) is 0 Å². The van der Waals surface area contributed by atoms with Crippen molar-refractivity contribution in [2.45, 2.75) is 11.7 Å². The van der Waals surface area contributed by atoms with Crippen LogP contribution >= 0.6 is 11.6 Å². The fourth-order valence-electron chi connectivity index (χ4n) is 2.33. The summed E-state index contributed by atoms with van der Waals surface area (Å²) in [6.07, 6.45) is -4.74. The van der Waals surface area contributed by atoms with Crippen molar-refractivity contribution in [1.82, 2.24) is 5.43 Å². The normalized spacial score (nSPS) is 23.9. The molecule has 0 aliphatic carbocycles. The summed E-state index contributed by atoms with van der Waals surface area (Å²) in [4.78, 5) is 23.2. The van der Waals surface area contributed by atoms with E-state index in [0.29, 0.717) is 6.21 Å². The predicted octanol–water partition coefficient (Wildman–Crippen LogP) is 1.14. The lowest BCUT2D eigenvalue weighted by atomic mass is 9.83. The molecule has 0 spiro atoms. The van der Waals surface area contributed by atoms with Crippen molar-refractivity contribution in [3.05, 3.63) is 29.3 Å². The maximum absolute atomic E-state index is 13.8. The maximum Gasteiger partial charge on any atom is 0.424 e. The monoisotopic (exact) mass is 350 g/mol. The second kappa shape index (κ2) is 5.70. The van der Waals surface area contributed by atoms with Crippen molar-refractivity contribution in [3.63, 3.8) is 0 Å². The number of nitrogens with two attached hydrogens (primary N) is 1. The van der Waals surface area contributed by atoms with Gasteiger partial charge in [0.2, 0.25) is 0 Å². The van der Waals surface area contributed by atoms with Crippen molar-refractivity contribution < 1.29 is 27.9 Å². The largest absolute Gasteiger partial charge is 0.481 e. The highest BCUT2D eigenvalue weighted by Crippen LogP contribution is 2.46. The lowest BCUT2D eigenvalue weighted by Gasteiger charge is -2.39. The highest BCUT2D eigenvalue weighted by atomic mass is 35.5. The van der Waals surface area contributed by atoms with Crippen molar-refractivity contribution in [2.75, 3.05) is 5.01 Å². The molecule has 0 aromatic heterocycles. The molecular formula is C12H10ClF3N4O3. The molecule has 2 atom stereocenters. The SMILES string of the molecule is NNC(=O)[C@@]1(C(F)(F)F)[C@@H](C(=O)O)C=NN1c1ccc(Cl)cc1. The van der Waals surface area contributed by atoms with E-state index in [2.05, 4.69) is 5.10 Å². The van der Waals surface area contributed by atoms with Crippen LogP contribution in [0.4, 0.5) is 18.9 Å². The fourth-order valence-corrected chi connectivity index (χ4v) is 2.46. The van der Waals surface area contributed by atoms with Crippen molar-refractivity contribution in [1.29, 1.82) is 0 Å². The predicted molar refractivity (Wildman–Crippen MR) is 74.7 cm³/mol. The summed E-state index contributed by atoms with van der Waals surface area (Å²) < 4.78 is 41.3. The first kappa shape index (κ1) is 17.0. The molecule has 4 N–H and O–H groups in total. The summed E-state index contributed by atoms with van der Waals surface area (Å²) >= 11 is 5.68. The van der Waals surface area contributed by atoms with E-state index < -0.39 is 29.5 Å². The second-order valence-electron chi connectivity index (χ2n) is 4.61. The van der Waals surface area contributed by atoms with E-state index in [9.17, 15) is 22.8 Å². The molecule has 1 aromatic carbocycles. The Labute approximate surface area is 132 Å². The molecule has 0 fully saturated rings. The molecule has 1 aromatic rings. The number of nitrogens with zero attached hydrogens (tertiary/aromatic N) is 2. The van der Waals surface area contributed by atoms with Gasteiger partial charge in [-0.3, -0.25) is 15.0 Å². The van der Waals surface area contributed by atoms with Crippen LogP contribution in [-0.2, 0) is 9.59 Å². The molecular weight excluding hydrogens is 341 g/mol. The fraction of sp³-hybridized carbons (Fsp3) is 0.250. The number of carbonyl (C=O) groups excluding carboxylic acids is 1. The second-order valence-corrected chi connectivity index (χ2v) is 5.04. The highest BCUT2D eigenvalue weighted by Gasteiger charge is 2.72. The van der Waals surface area contributed by atoms with E-state index >= 15 is 0 Å². The molecule has 0 bridgehead atoms. The van der Waals surface area contributed by atoms with Crippen LogP contribution in [0.1, 0.15) is 0 Å². The van der Waals surface area contributed by atoms with Gasteiger partial charge in [-0.15, -0.1) is 0 Å². The number of nitrogens with one attached hydrogen (secondary N) is 1. The Kier molecular flexibility index (Phi) is 4.22. The van der Waals surface area contributed by atoms with Crippen LogP contribution in [0.5, 0.6) is 0 Å². The number of hydrogen-bond acceptors (Lipinski definition) is 5. The highest BCUT2D eigenvalue weighted by molar-refractivity contribution is 6.30. The average molecular weight is 351 g/mol. The van der Waals surface area contributed by atoms with Gasteiger partial charge in [0.05, 0.1) is 5.69 Å². The molecule has 7 nitrogen and oxygen atoms in total. The Hall–Kier alpha value is -2.33. The summed E-state index contributed by atoms with van der Waals surface area (Å²) in [5.74, 6) is -1.03. The number of rotatable bonds is 3. The van der Waals surface area contributed by atoms with Crippen molar-refractivity contribution in [2.24, 2.45) is 16.9 Å². The third-order valence-corrected chi connectivity index (χ3v) is 3.61. The lowest BCUT2D eigenvalue weighted by Crippen LogP contribution is -2.70. The Morgan fingerprint density at radius 3 is 2.35 bits per heavy atom. The van der Waals surface area contributed by atoms with Gasteiger partial charge in [0, 0.05) is 11.2 Å². The van der Waals surface area contributed by atoms with E-state index in [0.717, 1.165) is 0 Å². The minimum Gasteiger partial charge on any atom is -0.481 e. The first-order chi connectivity index (χ1) is 10.7. The van der Waals surface area contributed by atoms with Gasteiger partial charge in [-0.1, -0.05) is 11.6 Å². The number of carboxylic acids is 1. The molecule has 23 heavy (non-hydrogen) atoms. The quantitative estimate of drug-likeness (QED) is 0.430. The molecule has 1 amide bonds. The summed E-state index contributed by atoms with van der Waals surface area (Å²) in [6.45, 7) is 0. The minimum atomic E-state index is -5.28. The Morgan fingerprint density at radius 2 is 1.91 bits per heavy atom. The third-order valence-electron chi connectivity index (χ3n) is 3.36. The van der Waals surface area contributed by atoms with Crippen LogP contribution in [0.3, 0.4) is 0 Å². The standard InChI is InChI=1S/C12H10ClF3N4O3/c13-6-1-3-7(4-2-6)20-11(10(23)19-17,12(14,15)16)8(5-18-20)9(21)22/h1-5,8H,17H2,(H,19,23)(H,21,22)/t8-,11-/m1/s1. The topological polar surface area (TPSA) is 108 Å². The van der Waals surface area contributed by atoms with Gasteiger partial charge in [-0.25, -0.2) is 10.9 Å². The Bertz CT molecular complexity index is 665. The van der Waals surface area contributed by atoms with E-state index in [1.165, 1.54) is 29.7 Å². The van der Waals surface area contributed by atoms with Gasteiger partial charge in [-0.05, 0) is 24.3 Å². The number of anilines is 1. The van der Waals surface area contributed by atoms with Gasteiger partial charge in [0.15, 0.2) is 0 Å². The van der Waals surface area contributed by atoms with Crippen LogP contribution in [-0.4, -0.2) is 34.9 Å². The maximum atomic E-state index is 13.8. The number of benzene rings is 1. The van der Waals surface area contributed by atoms with E-state index in [-0.39, 0.29) is 15.7 Å². The first-order valence-electron chi connectivity index (χ1n) is 6.06. The molecule has 1 aliphatic heterocycles. The van der Waals surface area contributed by atoms with Gasteiger partial charge < -0.3 is 5.11 Å². The first-order valence-corrected chi connectivity index (χ1v) is 6.44. The Balaban J connectivity index is 2.69. The van der Waals surface area contributed by atoms with Gasteiger partial charge in [-0.2, -0.15) is 18.3 Å². The molecule has 124 valence electrons. The van der Waals surface area contributed by atoms with E-state index in [1.54, 1.807) is 0 Å². The number of alkyl halides is 3. The lowest BCUT2D eigenvalue weighted by molar-refractivity contribution is -0.201. The number of carbonyl (C=O) groups is 2. The van der Waals surface area contributed by atoms with Gasteiger partial charge in [0.1, 0.15) is 5.92 Å². The molecule has 0 unspecified atom stereocenters. The van der Waals surface area contributed by atoms with Gasteiger partial charge in [0.25, 0.3) is 11.4 Å².